The number of Topliss-reactive ketones (excluding diaryl/α,β-unsaturated/α-hetero) is 1. The number of benzene rings is 2. The zero-order chi connectivity index (χ0) is 19.3. The fourth-order valence-electron chi connectivity index (χ4n) is 2.18. The summed E-state index contributed by atoms with van der Waals surface area (Å²) in [7, 11) is 1.63. The quantitative estimate of drug-likeness (QED) is 0.571. The van der Waals surface area contributed by atoms with Gasteiger partial charge in [0.1, 0.15) is 5.75 Å². The van der Waals surface area contributed by atoms with Crippen molar-refractivity contribution in [2.75, 3.05) is 12.4 Å². The lowest BCUT2D eigenvalue weighted by Crippen LogP contribution is -2.27. The summed E-state index contributed by atoms with van der Waals surface area (Å²) in [5.74, 6) is 0.792. The minimum atomic E-state index is -0.460. The van der Waals surface area contributed by atoms with Gasteiger partial charge in [-0.15, -0.1) is 11.8 Å². The second kappa shape index (κ2) is 8.41. The number of ether oxygens (including phenoxy) is 1. The minimum absolute atomic E-state index is 0.0551. The summed E-state index contributed by atoms with van der Waals surface area (Å²) < 4.78 is 5.14. The van der Waals surface area contributed by atoms with E-state index < -0.39 is 5.41 Å². The molecule has 5 heteroatoms. The Morgan fingerprint density at radius 1 is 1.00 bits per heavy atom. The van der Waals surface area contributed by atoms with Gasteiger partial charge in [-0.2, -0.15) is 0 Å². The number of ketones is 1. The highest BCUT2D eigenvalue weighted by Crippen LogP contribution is 2.27. The molecule has 0 saturated heterocycles. The number of thioether (sulfide) groups is 1. The molecule has 0 aliphatic rings. The highest BCUT2D eigenvalue weighted by molar-refractivity contribution is 8.00. The highest BCUT2D eigenvalue weighted by Gasteiger charge is 2.21. The molecule has 4 nitrogen and oxygen atoms in total. The summed E-state index contributed by atoms with van der Waals surface area (Å²) in [5.41, 5.74) is 0.863. The highest BCUT2D eigenvalue weighted by atomic mass is 32.2. The SMILES string of the molecule is COc1ccc(S[C@@H](C)C(=O)c2ccc(NC(=O)C(C)(C)C)cc2)cc1. The Kier molecular flexibility index (Phi) is 6.48. The van der Waals surface area contributed by atoms with Crippen molar-refractivity contribution >= 4 is 29.1 Å². The maximum absolute atomic E-state index is 12.6. The summed E-state index contributed by atoms with van der Waals surface area (Å²) in [6, 6.07) is 14.7. The second-order valence-electron chi connectivity index (χ2n) is 7.08. The van der Waals surface area contributed by atoms with Crippen molar-refractivity contribution in [1.29, 1.82) is 0 Å². The number of hydrogen-bond donors (Lipinski definition) is 1. The maximum atomic E-state index is 12.6. The first-order valence-corrected chi connectivity index (χ1v) is 9.35. The Hall–Kier alpha value is -2.27. The molecule has 0 bridgehead atoms. The van der Waals surface area contributed by atoms with Crippen molar-refractivity contribution < 1.29 is 14.3 Å². The van der Waals surface area contributed by atoms with Crippen LogP contribution < -0.4 is 10.1 Å². The Morgan fingerprint density at radius 2 is 1.58 bits per heavy atom. The molecule has 2 rings (SSSR count). The Bertz CT molecular complexity index is 761. The van der Waals surface area contributed by atoms with Crippen LogP contribution in [0.5, 0.6) is 5.75 Å². The van der Waals surface area contributed by atoms with Crippen LogP contribution in [0.15, 0.2) is 53.4 Å². The molecule has 0 spiro atoms. The van der Waals surface area contributed by atoms with Gasteiger partial charge in [-0.05, 0) is 55.5 Å². The summed E-state index contributed by atoms with van der Waals surface area (Å²) in [4.78, 5) is 25.7. The molecule has 0 unspecified atom stereocenters. The molecule has 138 valence electrons. The molecule has 0 aliphatic carbocycles. The van der Waals surface area contributed by atoms with Crippen LogP contribution in [0.2, 0.25) is 0 Å². The van der Waals surface area contributed by atoms with Crippen molar-refractivity contribution in [2.45, 2.75) is 37.8 Å². The molecule has 0 aliphatic heterocycles. The lowest BCUT2D eigenvalue weighted by Gasteiger charge is -2.18. The third-order valence-electron chi connectivity index (χ3n) is 3.85. The first-order valence-electron chi connectivity index (χ1n) is 8.47. The number of anilines is 1. The van der Waals surface area contributed by atoms with Gasteiger partial charge in [-0.3, -0.25) is 9.59 Å². The molecule has 0 heterocycles. The number of carbonyl (C=O) groups is 2. The van der Waals surface area contributed by atoms with E-state index in [1.807, 2.05) is 52.0 Å². The molecule has 0 fully saturated rings. The van der Waals surface area contributed by atoms with E-state index >= 15 is 0 Å². The third kappa shape index (κ3) is 5.36. The predicted octanol–water partition coefficient (Wildman–Crippen LogP) is 5.04. The lowest BCUT2D eigenvalue weighted by molar-refractivity contribution is -0.123. The van der Waals surface area contributed by atoms with Gasteiger partial charge in [0.05, 0.1) is 12.4 Å². The molecule has 1 atom stereocenters. The van der Waals surface area contributed by atoms with Gasteiger partial charge in [-0.25, -0.2) is 0 Å². The summed E-state index contributed by atoms with van der Waals surface area (Å²) in [6.07, 6.45) is 0. The van der Waals surface area contributed by atoms with Crippen LogP contribution in [-0.4, -0.2) is 24.1 Å². The number of amides is 1. The van der Waals surface area contributed by atoms with Gasteiger partial charge in [-0.1, -0.05) is 20.8 Å². The molecular weight excluding hydrogens is 346 g/mol. The molecule has 0 saturated carbocycles. The van der Waals surface area contributed by atoms with Crippen molar-refractivity contribution in [3.63, 3.8) is 0 Å². The van der Waals surface area contributed by atoms with Crippen LogP contribution in [0.1, 0.15) is 38.1 Å². The third-order valence-corrected chi connectivity index (χ3v) is 4.96. The van der Waals surface area contributed by atoms with Gasteiger partial charge < -0.3 is 10.1 Å². The summed E-state index contributed by atoms with van der Waals surface area (Å²) >= 11 is 1.51. The van der Waals surface area contributed by atoms with E-state index in [0.29, 0.717) is 11.3 Å². The molecule has 1 N–H and O–H groups in total. The summed E-state index contributed by atoms with van der Waals surface area (Å²) in [5, 5.41) is 2.65. The average Bonchev–Trinajstić information content (AvgIpc) is 2.61. The predicted molar refractivity (Wildman–Crippen MR) is 107 cm³/mol. The first kappa shape index (κ1) is 20.0. The molecule has 0 radical (unpaired) electrons. The zero-order valence-corrected chi connectivity index (χ0v) is 16.6. The average molecular weight is 372 g/mol. The van der Waals surface area contributed by atoms with E-state index in [1.54, 1.807) is 31.4 Å². The van der Waals surface area contributed by atoms with E-state index in [2.05, 4.69) is 5.32 Å². The smallest absolute Gasteiger partial charge is 0.229 e. The zero-order valence-electron chi connectivity index (χ0n) is 15.8. The van der Waals surface area contributed by atoms with Crippen LogP contribution in [0, 0.1) is 5.41 Å². The molecule has 2 aromatic rings. The largest absolute Gasteiger partial charge is 0.497 e. The molecule has 1 amide bonds. The number of rotatable bonds is 6. The second-order valence-corrected chi connectivity index (χ2v) is 8.50. The lowest BCUT2D eigenvalue weighted by atomic mass is 9.95. The Balaban J connectivity index is 2.00. The van der Waals surface area contributed by atoms with E-state index in [0.717, 1.165) is 10.6 Å². The van der Waals surface area contributed by atoms with Gasteiger partial charge in [0, 0.05) is 21.6 Å². The molecule has 26 heavy (non-hydrogen) atoms. The molecular formula is C21H25NO3S. The monoisotopic (exact) mass is 371 g/mol. The van der Waals surface area contributed by atoms with E-state index in [-0.39, 0.29) is 16.9 Å². The van der Waals surface area contributed by atoms with Crippen molar-refractivity contribution in [3.8, 4) is 5.75 Å². The Morgan fingerprint density at radius 3 is 2.08 bits per heavy atom. The van der Waals surface area contributed by atoms with Crippen LogP contribution in [0.4, 0.5) is 5.69 Å². The van der Waals surface area contributed by atoms with Crippen molar-refractivity contribution in [3.05, 3.63) is 54.1 Å². The topological polar surface area (TPSA) is 55.4 Å². The first-order chi connectivity index (χ1) is 12.2. The van der Waals surface area contributed by atoms with Gasteiger partial charge in [0.15, 0.2) is 5.78 Å². The van der Waals surface area contributed by atoms with Crippen LogP contribution in [0.25, 0.3) is 0 Å². The maximum Gasteiger partial charge on any atom is 0.229 e. The number of carbonyl (C=O) groups excluding carboxylic acids is 2. The van der Waals surface area contributed by atoms with Crippen molar-refractivity contribution in [1.82, 2.24) is 0 Å². The van der Waals surface area contributed by atoms with E-state index in [9.17, 15) is 9.59 Å². The number of nitrogens with one attached hydrogen (secondary N) is 1. The standard InChI is InChI=1S/C21H25NO3S/c1-14(26-18-12-10-17(25-5)11-13-18)19(23)15-6-8-16(9-7-15)22-20(24)21(2,3)4/h6-14H,1-5H3,(H,22,24)/t14-/m0/s1. The molecule has 2 aromatic carbocycles. The molecule has 0 aromatic heterocycles. The van der Waals surface area contributed by atoms with Crippen LogP contribution in [-0.2, 0) is 4.79 Å². The van der Waals surface area contributed by atoms with Crippen LogP contribution in [0.3, 0.4) is 0 Å². The van der Waals surface area contributed by atoms with E-state index in [4.69, 9.17) is 4.74 Å². The van der Waals surface area contributed by atoms with Gasteiger partial charge >= 0.3 is 0 Å². The van der Waals surface area contributed by atoms with Crippen molar-refractivity contribution in [2.24, 2.45) is 5.41 Å². The fourth-order valence-corrected chi connectivity index (χ4v) is 3.13. The normalized spacial score (nSPS) is 12.3. The van der Waals surface area contributed by atoms with Gasteiger partial charge in [0.2, 0.25) is 5.91 Å². The van der Waals surface area contributed by atoms with Crippen LogP contribution >= 0.6 is 11.8 Å². The number of hydrogen-bond acceptors (Lipinski definition) is 4. The minimum Gasteiger partial charge on any atom is -0.497 e. The number of methoxy groups -OCH3 is 1. The van der Waals surface area contributed by atoms with Gasteiger partial charge in [0.25, 0.3) is 0 Å². The Labute approximate surface area is 159 Å². The summed E-state index contributed by atoms with van der Waals surface area (Å²) in [6.45, 7) is 7.47. The van der Waals surface area contributed by atoms with E-state index in [1.165, 1.54) is 11.8 Å². The fraction of sp³-hybridized carbons (Fsp3) is 0.333.